The highest BCUT2D eigenvalue weighted by Gasteiger charge is 2.65. The second-order valence-corrected chi connectivity index (χ2v) is 7.28. The van der Waals surface area contributed by atoms with Crippen molar-refractivity contribution in [3.8, 4) is 5.75 Å². The minimum Gasteiger partial charge on any atom is -0.484 e. The van der Waals surface area contributed by atoms with Crippen molar-refractivity contribution < 1.29 is 36.7 Å². The van der Waals surface area contributed by atoms with Gasteiger partial charge in [-0.25, -0.2) is 9.18 Å². The van der Waals surface area contributed by atoms with Crippen LogP contribution in [-0.2, 0) is 14.4 Å². The fourth-order valence-corrected chi connectivity index (χ4v) is 3.77. The molecule has 4 rings (SSSR count). The predicted octanol–water partition coefficient (Wildman–Crippen LogP) is 2.73. The van der Waals surface area contributed by atoms with Crippen LogP contribution in [0.1, 0.15) is 25.7 Å². The number of hydroxylamine groups is 2. The quantitative estimate of drug-likeness (QED) is 0.609. The van der Waals surface area contributed by atoms with E-state index in [4.69, 9.17) is 22.1 Å². The molecule has 1 aromatic carbocycles. The van der Waals surface area contributed by atoms with Crippen LogP contribution in [-0.4, -0.2) is 40.8 Å². The highest BCUT2D eigenvalue weighted by molar-refractivity contribution is 6.30. The third-order valence-corrected chi connectivity index (χ3v) is 5.07. The molecule has 3 aliphatic rings. The summed E-state index contributed by atoms with van der Waals surface area (Å²) in [5.74, 6) is -4.36. The lowest BCUT2D eigenvalue weighted by Gasteiger charge is -2.49. The third-order valence-electron chi connectivity index (χ3n) is 4.77. The molecule has 1 aromatic rings. The minimum absolute atomic E-state index is 0.0574. The van der Waals surface area contributed by atoms with E-state index >= 15 is 0 Å². The summed E-state index contributed by atoms with van der Waals surface area (Å²) < 4.78 is 56.3. The number of rotatable bonds is 4. The molecule has 27 heavy (non-hydrogen) atoms. The maximum absolute atomic E-state index is 13.4. The molecule has 3 saturated carbocycles. The van der Waals surface area contributed by atoms with Gasteiger partial charge in [-0.2, -0.15) is 18.2 Å². The van der Waals surface area contributed by atoms with Crippen LogP contribution in [0.3, 0.4) is 0 Å². The van der Waals surface area contributed by atoms with Crippen LogP contribution < -0.4 is 10.5 Å². The first-order valence-corrected chi connectivity index (χ1v) is 8.31. The Labute approximate surface area is 156 Å². The molecule has 3 aliphatic carbocycles. The number of nitrogens with two attached hydrogens (primary N) is 1. The van der Waals surface area contributed by atoms with Gasteiger partial charge in [0.15, 0.2) is 6.61 Å². The van der Waals surface area contributed by atoms with Gasteiger partial charge >= 0.3 is 12.1 Å². The van der Waals surface area contributed by atoms with E-state index in [9.17, 15) is 27.2 Å². The van der Waals surface area contributed by atoms with Crippen LogP contribution in [0.15, 0.2) is 18.2 Å². The molecular weight excluding hydrogens is 396 g/mol. The van der Waals surface area contributed by atoms with Crippen LogP contribution in [0.25, 0.3) is 0 Å². The van der Waals surface area contributed by atoms with E-state index < -0.39 is 41.6 Å². The molecule has 1 amide bonds. The molecular formula is C16H15ClF4N2O4. The number of amides is 1. The van der Waals surface area contributed by atoms with Crippen molar-refractivity contribution in [2.24, 2.45) is 5.73 Å². The van der Waals surface area contributed by atoms with Gasteiger partial charge in [-0.3, -0.25) is 4.79 Å². The summed E-state index contributed by atoms with van der Waals surface area (Å²) in [6.45, 7) is -0.758. The SMILES string of the molecule is NC12CCC(N(OC(=O)C(F)(F)F)C(=O)COc3ccc(Cl)c(F)c3)(C1)C2. The van der Waals surface area contributed by atoms with E-state index in [-0.39, 0.29) is 23.6 Å². The van der Waals surface area contributed by atoms with E-state index in [0.717, 1.165) is 6.07 Å². The Balaban J connectivity index is 1.73. The Morgan fingerprint density at radius 1 is 1.26 bits per heavy atom. The smallest absolute Gasteiger partial charge is 0.484 e. The van der Waals surface area contributed by atoms with Crippen molar-refractivity contribution in [1.82, 2.24) is 5.06 Å². The molecule has 0 heterocycles. The molecule has 3 fully saturated rings. The largest absolute Gasteiger partial charge is 0.493 e. The molecule has 0 aromatic heterocycles. The van der Waals surface area contributed by atoms with Crippen molar-refractivity contribution in [3.63, 3.8) is 0 Å². The maximum atomic E-state index is 13.4. The third kappa shape index (κ3) is 3.81. The molecule has 0 spiro atoms. The van der Waals surface area contributed by atoms with Crippen molar-refractivity contribution in [2.45, 2.75) is 42.9 Å². The molecule has 2 bridgehead atoms. The van der Waals surface area contributed by atoms with E-state index in [1.54, 1.807) is 0 Å². The molecule has 11 heteroatoms. The topological polar surface area (TPSA) is 81.9 Å². The van der Waals surface area contributed by atoms with E-state index in [2.05, 4.69) is 4.84 Å². The Morgan fingerprint density at radius 3 is 2.44 bits per heavy atom. The van der Waals surface area contributed by atoms with E-state index in [1.807, 2.05) is 0 Å². The van der Waals surface area contributed by atoms with Gasteiger partial charge in [0.25, 0.3) is 5.91 Å². The first-order valence-electron chi connectivity index (χ1n) is 7.93. The number of nitrogens with zero attached hydrogens (tertiary/aromatic N) is 1. The zero-order chi connectivity index (χ0) is 20.0. The van der Waals surface area contributed by atoms with Crippen LogP contribution in [0.5, 0.6) is 5.75 Å². The van der Waals surface area contributed by atoms with Gasteiger partial charge in [0.05, 0.1) is 10.6 Å². The lowest BCUT2D eigenvalue weighted by atomic mass is 9.71. The number of hydrogen-bond donors (Lipinski definition) is 1. The first kappa shape index (κ1) is 19.7. The van der Waals surface area contributed by atoms with Crippen LogP contribution in [0.4, 0.5) is 17.6 Å². The van der Waals surface area contributed by atoms with Gasteiger partial charge in [0.1, 0.15) is 11.6 Å². The Morgan fingerprint density at radius 2 is 1.93 bits per heavy atom. The molecule has 2 N–H and O–H groups in total. The monoisotopic (exact) mass is 410 g/mol. The average Bonchev–Trinajstić information content (AvgIpc) is 3.06. The van der Waals surface area contributed by atoms with Gasteiger partial charge in [-0.05, 0) is 37.8 Å². The minimum atomic E-state index is -5.27. The number of carbonyl (C=O) groups excluding carboxylic acids is 2. The van der Waals surface area contributed by atoms with Gasteiger partial charge in [-0.1, -0.05) is 11.6 Å². The number of fused-ring (bicyclic) bond motifs is 1. The number of ether oxygens (including phenoxy) is 1. The van der Waals surface area contributed by atoms with Crippen molar-refractivity contribution in [1.29, 1.82) is 0 Å². The van der Waals surface area contributed by atoms with Gasteiger partial charge < -0.3 is 15.3 Å². The number of halogens is 5. The average molecular weight is 411 g/mol. The number of hydrogen-bond acceptors (Lipinski definition) is 5. The van der Waals surface area contributed by atoms with Crippen LogP contribution in [0.2, 0.25) is 5.02 Å². The molecule has 0 atom stereocenters. The number of benzene rings is 1. The Bertz CT molecular complexity index is 780. The summed E-state index contributed by atoms with van der Waals surface area (Å²) >= 11 is 5.53. The zero-order valence-electron chi connectivity index (χ0n) is 13.8. The normalized spacial score (nSPS) is 26.3. The summed E-state index contributed by atoms with van der Waals surface area (Å²) in [6.07, 6.45) is -4.05. The fourth-order valence-electron chi connectivity index (χ4n) is 3.66. The van der Waals surface area contributed by atoms with Crippen molar-refractivity contribution in [3.05, 3.63) is 29.0 Å². The van der Waals surface area contributed by atoms with Crippen molar-refractivity contribution >= 4 is 23.5 Å². The summed E-state index contributed by atoms with van der Waals surface area (Å²) in [6, 6.07) is 3.40. The first-order chi connectivity index (χ1) is 12.4. The second-order valence-electron chi connectivity index (χ2n) is 6.87. The molecule has 6 nitrogen and oxygen atoms in total. The summed E-state index contributed by atoms with van der Waals surface area (Å²) in [4.78, 5) is 28.1. The lowest BCUT2D eigenvalue weighted by molar-refractivity contribution is -0.262. The Kier molecular flexibility index (Phi) is 4.75. The lowest BCUT2D eigenvalue weighted by Crippen LogP contribution is -2.64. The highest BCUT2D eigenvalue weighted by Crippen LogP contribution is 2.57. The Hall–Kier alpha value is -2.07. The number of carbonyl (C=O) groups is 2. The van der Waals surface area contributed by atoms with Gasteiger partial charge in [0, 0.05) is 11.6 Å². The molecule has 0 aliphatic heterocycles. The molecule has 0 saturated heterocycles. The van der Waals surface area contributed by atoms with E-state index in [1.165, 1.54) is 12.1 Å². The molecule has 0 unspecified atom stereocenters. The summed E-state index contributed by atoms with van der Waals surface area (Å²) in [5.41, 5.74) is 4.33. The van der Waals surface area contributed by atoms with Crippen LogP contribution >= 0.6 is 11.6 Å². The second kappa shape index (κ2) is 6.52. The molecule has 0 radical (unpaired) electrons. The molecule has 148 valence electrons. The fraction of sp³-hybridized carbons (Fsp3) is 0.500. The maximum Gasteiger partial charge on any atom is 0.493 e. The zero-order valence-corrected chi connectivity index (χ0v) is 14.6. The van der Waals surface area contributed by atoms with Gasteiger partial charge in [0.2, 0.25) is 0 Å². The predicted molar refractivity (Wildman–Crippen MR) is 84.0 cm³/mol. The van der Waals surface area contributed by atoms with Crippen LogP contribution in [0, 0.1) is 5.82 Å². The van der Waals surface area contributed by atoms with Gasteiger partial charge in [-0.15, -0.1) is 0 Å². The van der Waals surface area contributed by atoms with E-state index in [0.29, 0.717) is 17.9 Å². The summed E-state index contributed by atoms with van der Waals surface area (Å²) in [5, 5.41) is 0.265. The van der Waals surface area contributed by atoms with Crippen molar-refractivity contribution in [2.75, 3.05) is 6.61 Å². The summed E-state index contributed by atoms with van der Waals surface area (Å²) in [7, 11) is 0. The number of alkyl halides is 3. The standard InChI is InChI=1S/C16H15ClF4N2O4/c17-10-2-1-9(5-11(10)18)26-6-12(24)23(27-13(25)16(19,20)21)15-4-3-14(22,7-15)8-15/h1-2,5H,3-4,6-8,22H2. The highest BCUT2D eigenvalue weighted by atomic mass is 35.5.